The number of aryl methyl sites for hydroxylation is 1. The van der Waals surface area contributed by atoms with Crippen LogP contribution in [-0.4, -0.2) is 62.5 Å². The third kappa shape index (κ3) is 4.57. The van der Waals surface area contributed by atoms with Gasteiger partial charge in [-0.1, -0.05) is 17.4 Å². The van der Waals surface area contributed by atoms with Crippen molar-refractivity contribution in [3.8, 4) is 11.1 Å². The number of benzene rings is 1. The molecule has 1 saturated heterocycles. The zero-order chi connectivity index (χ0) is 24.0. The summed E-state index contributed by atoms with van der Waals surface area (Å²) in [5, 5.41) is 6.52. The number of nitrogens with zero attached hydrogens (tertiary/aromatic N) is 6. The van der Waals surface area contributed by atoms with E-state index < -0.39 is 5.60 Å². The Morgan fingerprint density at radius 2 is 1.94 bits per heavy atom. The number of rotatable bonds is 3. The molecule has 0 saturated carbocycles. The van der Waals surface area contributed by atoms with Crippen molar-refractivity contribution >= 4 is 43.8 Å². The third-order valence-corrected chi connectivity index (χ3v) is 7.24. The highest BCUT2D eigenvalue weighted by molar-refractivity contribution is 7.22. The Kier molecular flexibility index (Phi) is 5.67. The second kappa shape index (κ2) is 8.54. The summed E-state index contributed by atoms with van der Waals surface area (Å²) < 4.78 is 8.42. The molecule has 34 heavy (non-hydrogen) atoms. The Balaban J connectivity index is 1.30. The van der Waals surface area contributed by atoms with E-state index >= 15 is 0 Å². The van der Waals surface area contributed by atoms with E-state index in [0.29, 0.717) is 19.1 Å². The van der Waals surface area contributed by atoms with Crippen molar-refractivity contribution in [2.75, 3.05) is 25.0 Å². The molecule has 4 heterocycles. The van der Waals surface area contributed by atoms with Crippen molar-refractivity contribution in [3.05, 3.63) is 36.7 Å². The molecule has 1 aliphatic rings. The van der Waals surface area contributed by atoms with Crippen LogP contribution in [0.2, 0.25) is 0 Å². The molecule has 1 amide bonds. The van der Waals surface area contributed by atoms with Gasteiger partial charge in [0.2, 0.25) is 0 Å². The topological polar surface area (TPSA) is 76.4 Å². The van der Waals surface area contributed by atoms with Crippen LogP contribution >= 0.6 is 11.3 Å². The van der Waals surface area contributed by atoms with Crippen LogP contribution in [0.4, 0.5) is 9.93 Å². The molecular formula is C25H30N6O2S. The van der Waals surface area contributed by atoms with Gasteiger partial charge in [-0.15, -0.1) is 0 Å². The molecule has 0 radical (unpaired) electrons. The van der Waals surface area contributed by atoms with Gasteiger partial charge >= 0.3 is 6.09 Å². The summed E-state index contributed by atoms with van der Waals surface area (Å²) in [6, 6.07) is 8.78. The summed E-state index contributed by atoms with van der Waals surface area (Å²) >= 11 is 1.66. The SMILES string of the molecule is CN(c1nc2ncc(-c3ccc4nn(C)cc4c3)cc2s1)C1CCN(C(=O)OC(C)(C)C)CC1. The monoisotopic (exact) mass is 478 g/mol. The van der Waals surface area contributed by atoms with Gasteiger partial charge in [0, 0.05) is 56.6 Å². The van der Waals surface area contributed by atoms with E-state index in [9.17, 15) is 4.79 Å². The van der Waals surface area contributed by atoms with Crippen LogP contribution in [0.1, 0.15) is 33.6 Å². The summed E-state index contributed by atoms with van der Waals surface area (Å²) in [4.78, 5) is 25.8. The molecule has 8 nitrogen and oxygen atoms in total. The number of thiazole rings is 1. The van der Waals surface area contributed by atoms with E-state index in [1.807, 2.05) is 51.0 Å². The smallest absolute Gasteiger partial charge is 0.410 e. The molecule has 0 unspecified atom stereocenters. The number of carbonyl (C=O) groups is 1. The van der Waals surface area contributed by atoms with Gasteiger partial charge in [-0.05, 0) is 57.4 Å². The van der Waals surface area contributed by atoms with Gasteiger partial charge in [-0.3, -0.25) is 4.68 Å². The number of aromatic nitrogens is 4. The van der Waals surface area contributed by atoms with Crippen LogP contribution in [0.5, 0.6) is 0 Å². The molecule has 5 rings (SSSR count). The molecule has 1 aliphatic heterocycles. The molecule has 1 fully saturated rings. The highest BCUT2D eigenvalue weighted by Gasteiger charge is 2.29. The van der Waals surface area contributed by atoms with Crippen molar-refractivity contribution in [3.63, 3.8) is 0 Å². The summed E-state index contributed by atoms with van der Waals surface area (Å²) in [6.07, 6.45) is 5.46. The first kappa shape index (κ1) is 22.6. The molecule has 0 bridgehead atoms. The van der Waals surface area contributed by atoms with Gasteiger partial charge in [0.05, 0.1) is 10.2 Å². The molecule has 0 spiro atoms. The minimum Gasteiger partial charge on any atom is -0.444 e. The molecule has 0 aliphatic carbocycles. The molecule has 1 aromatic carbocycles. The number of carbonyl (C=O) groups excluding carboxylic acids is 1. The second-order valence-electron chi connectivity index (χ2n) is 9.93. The average molecular weight is 479 g/mol. The first-order valence-corrected chi connectivity index (χ1v) is 12.4. The van der Waals surface area contributed by atoms with E-state index in [0.717, 1.165) is 50.4 Å². The van der Waals surface area contributed by atoms with Crippen molar-refractivity contribution < 1.29 is 9.53 Å². The maximum absolute atomic E-state index is 12.4. The van der Waals surface area contributed by atoms with Crippen molar-refractivity contribution in [1.82, 2.24) is 24.6 Å². The molecule has 9 heteroatoms. The standard InChI is InChI=1S/C25H30N6O2S/c1-25(2,3)33-24(32)31-10-8-19(9-11-31)30(5)23-27-22-21(34-23)13-17(14-26-22)16-6-7-20-18(12-16)15-29(4)28-20/h6-7,12-15,19H,8-11H2,1-5H3. The average Bonchev–Trinajstić information content (AvgIpc) is 3.38. The number of fused-ring (bicyclic) bond motifs is 2. The van der Waals surface area contributed by atoms with Gasteiger partial charge in [-0.25, -0.2) is 9.78 Å². The van der Waals surface area contributed by atoms with Crippen LogP contribution in [-0.2, 0) is 11.8 Å². The van der Waals surface area contributed by atoms with E-state index in [-0.39, 0.29) is 6.09 Å². The van der Waals surface area contributed by atoms with Crippen molar-refractivity contribution in [2.24, 2.45) is 7.05 Å². The first-order chi connectivity index (χ1) is 16.2. The van der Waals surface area contributed by atoms with E-state index in [1.54, 1.807) is 16.2 Å². The van der Waals surface area contributed by atoms with Gasteiger partial charge < -0.3 is 14.5 Å². The van der Waals surface area contributed by atoms with Gasteiger partial charge in [0.25, 0.3) is 0 Å². The fourth-order valence-corrected chi connectivity index (χ4v) is 5.36. The Morgan fingerprint density at radius 1 is 1.18 bits per heavy atom. The Morgan fingerprint density at radius 3 is 2.68 bits per heavy atom. The maximum Gasteiger partial charge on any atom is 0.410 e. The van der Waals surface area contributed by atoms with Crippen LogP contribution in [0.3, 0.4) is 0 Å². The Hall–Kier alpha value is -3.20. The molecule has 4 aromatic rings. The quantitative estimate of drug-likeness (QED) is 0.409. The zero-order valence-corrected chi connectivity index (χ0v) is 21.1. The van der Waals surface area contributed by atoms with Crippen molar-refractivity contribution in [2.45, 2.75) is 45.3 Å². The summed E-state index contributed by atoms with van der Waals surface area (Å²) in [5.41, 5.74) is 3.47. The van der Waals surface area contributed by atoms with E-state index in [4.69, 9.17) is 9.72 Å². The lowest BCUT2D eigenvalue weighted by Crippen LogP contribution is -2.47. The minimum absolute atomic E-state index is 0.227. The van der Waals surface area contributed by atoms with Crippen LogP contribution in [0, 0.1) is 0 Å². The number of ether oxygens (including phenoxy) is 1. The lowest BCUT2D eigenvalue weighted by Gasteiger charge is -2.37. The number of hydrogen-bond donors (Lipinski definition) is 0. The van der Waals surface area contributed by atoms with Crippen LogP contribution in [0.25, 0.3) is 32.4 Å². The van der Waals surface area contributed by atoms with Gasteiger partial charge in [0.15, 0.2) is 10.8 Å². The predicted molar refractivity (Wildman–Crippen MR) is 136 cm³/mol. The van der Waals surface area contributed by atoms with Crippen LogP contribution < -0.4 is 4.90 Å². The second-order valence-corrected chi connectivity index (χ2v) is 10.9. The number of anilines is 1. The number of likely N-dealkylation sites (tertiary alicyclic amines) is 1. The first-order valence-electron chi connectivity index (χ1n) is 11.6. The Bertz CT molecular complexity index is 1350. The summed E-state index contributed by atoms with van der Waals surface area (Å²) in [7, 11) is 4.02. The van der Waals surface area contributed by atoms with E-state index in [1.165, 1.54) is 0 Å². The van der Waals surface area contributed by atoms with E-state index in [2.05, 4.69) is 40.2 Å². The number of pyridine rings is 1. The number of amides is 1. The highest BCUT2D eigenvalue weighted by atomic mass is 32.1. The third-order valence-electron chi connectivity index (χ3n) is 6.15. The summed E-state index contributed by atoms with van der Waals surface area (Å²) in [5.74, 6) is 0. The summed E-state index contributed by atoms with van der Waals surface area (Å²) in [6.45, 7) is 7.07. The van der Waals surface area contributed by atoms with Gasteiger partial charge in [-0.2, -0.15) is 10.1 Å². The fraction of sp³-hybridized carbons (Fsp3) is 0.440. The molecule has 0 N–H and O–H groups in total. The predicted octanol–water partition coefficient (Wildman–Crippen LogP) is 5.08. The largest absolute Gasteiger partial charge is 0.444 e. The zero-order valence-electron chi connectivity index (χ0n) is 20.3. The normalized spacial score (nSPS) is 15.3. The number of hydrogen-bond acceptors (Lipinski definition) is 7. The highest BCUT2D eigenvalue weighted by Crippen LogP contribution is 2.33. The molecule has 0 atom stereocenters. The van der Waals surface area contributed by atoms with Crippen LogP contribution in [0.15, 0.2) is 36.7 Å². The lowest BCUT2D eigenvalue weighted by molar-refractivity contribution is 0.0205. The molecular weight excluding hydrogens is 448 g/mol. The molecule has 3 aromatic heterocycles. The Labute approximate surface area is 203 Å². The van der Waals surface area contributed by atoms with Crippen molar-refractivity contribution in [1.29, 1.82) is 0 Å². The number of piperidine rings is 1. The van der Waals surface area contributed by atoms with Gasteiger partial charge in [0.1, 0.15) is 5.60 Å². The molecule has 178 valence electrons. The minimum atomic E-state index is -0.471. The lowest BCUT2D eigenvalue weighted by atomic mass is 10.0. The maximum atomic E-state index is 12.4. The fourth-order valence-electron chi connectivity index (χ4n) is 4.36.